The van der Waals surface area contributed by atoms with Crippen LogP contribution in [0.3, 0.4) is 0 Å². The van der Waals surface area contributed by atoms with Crippen LogP contribution < -0.4 is 5.32 Å². The summed E-state index contributed by atoms with van der Waals surface area (Å²) in [6.45, 7) is 0. The summed E-state index contributed by atoms with van der Waals surface area (Å²) in [6.07, 6.45) is 1.52. The maximum atomic E-state index is 10.7. The smallest absolute Gasteiger partial charge is 0.405 e. The van der Waals surface area contributed by atoms with Crippen molar-refractivity contribution in [1.29, 1.82) is 0 Å². The fourth-order valence-electron chi connectivity index (χ4n) is 1.78. The summed E-state index contributed by atoms with van der Waals surface area (Å²) in [4.78, 5) is 15.2. The summed E-state index contributed by atoms with van der Waals surface area (Å²) in [5.41, 5.74) is 1.97. The zero-order chi connectivity index (χ0) is 12.4. The molecule has 1 amide bonds. The number of thioether (sulfide) groups is 1. The Morgan fingerprint density at radius 2 is 2.41 bits per heavy atom. The fraction of sp³-hybridized carbons (Fsp3) is 0.273. The van der Waals surface area contributed by atoms with Crippen LogP contribution in [0.2, 0.25) is 0 Å². The van der Waals surface area contributed by atoms with Gasteiger partial charge in [0.2, 0.25) is 0 Å². The van der Waals surface area contributed by atoms with E-state index in [0.29, 0.717) is 6.42 Å². The first-order chi connectivity index (χ1) is 8.10. The Morgan fingerprint density at radius 3 is 3.06 bits per heavy atom. The number of aliphatic imine (C=N–C) groups is 1. The first kappa shape index (κ1) is 12.4. The van der Waals surface area contributed by atoms with Crippen molar-refractivity contribution in [1.82, 2.24) is 5.32 Å². The van der Waals surface area contributed by atoms with Gasteiger partial charge in [-0.15, -0.1) is 11.8 Å². The lowest BCUT2D eigenvalue weighted by Crippen LogP contribution is -2.41. The van der Waals surface area contributed by atoms with Crippen molar-refractivity contribution < 1.29 is 9.90 Å². The van der Waals surface area contributed by atoms with Gasteiger partial charge in [0.1, 0.15) is 0 Å². The van der Waals surface area contributed by atoms with Gasteiger partial charge in [-0.05, 0) is 30.0 Å². The molecule has 1 heterocycles. The number of hydrogen-bond donors (Lipinski definition) is 2. The summed E-state index contributed by atoms with van der Waals surface area (Å²) in [7, 11) is 0. The monoisotopic (exact) mass is 314 g/mol. The molecule has 4 nitrogen and oxygen atoms in total. The molecule has 1 aromatic rings. The third kappa shape index (κ3) is 2.81. The zero-order valence-corrected chi connectivity index (χ0v) is 11.5. The molecule has 2 N–H and O–H groups in total. The molecule has 2 rings (SSSR count). The van der Waals surface area contributed by atoms with E-state index in [1.165, 1.54) is 11.8 Å². The molecule has 0 bridgehead atoms. The molecular weight excluding hydrogens is 304 g/mol. The predicted octanol–water partition coefficient (Wildman–Crippen LogP) is 3.03. The number of halogens is 1. The van der Waals surface area contributed by atoms with E-state index in [1.807, 2.05) is 24.5 Å². The van der Waals surface area contributed by atoms with Gasteiger partial charge in [0.25, 0.3) is 0 Å². The third-order valence-corrected chi connectivity index (χ3v) is 3.79. The van der Waals surface area contributed by atoms with E-state index >= 15 is 0 Å². The van der Waals surface area contributed by atoms with Crippen LogP contribution in [0.1, 0.15) is 5.56 Å². The van der Waals surface area contributed by atoms with Gasteiger partial charge in [0.05, 0.1) is 16.8 Å². The second-order valence-electron chi connectivity index (χ2n) is 3.63. The quantitative estimate of drug-likeness (QED) is 0.837. The van der Waals surface area contributed by atoms with Crippen LogP contribution in [0.5, 0.6) is 0 Å². The van der Waals surface area contributed by atoms with E-state index in [1.54, 1.807) is 0 Å². The molecule has 1 aliphatic rings. The maximum absolute atomic E-state index is 10.7. The van der Waals surface area contributed by atoms with Crippen molar-refractivity contribution in [3.8, 4) is 0 Å². The van der Waals surface area contributed by atoms with Crippen LogP contribution in [-0.2, 0) is 6.42 Å². The number of carboxylic acid groups (broad SMARTS) is 1. The summed E-state index contributed by atoms with van der Waals surface area (Å²) < 4.78 is 0.980. The first-order valence-corrected chi connectivity index (χ1v) is 7.02. The molecule has 0 saturated carbocycles. The van der Waals surface area contributed by atoms with E-state index in [-0.39, 0.29) is 6.04 Å². The predicted molar refractivity (Wildman–Crippen MR) is 73.4 cm³/mol. The van der Waals surface area contributed by atoms with Gasteiger partial charge in [-0.1, -0.05) is 15.9 Å². The molecule has 1 aliphatic heterocycles. The summed E-state index contributed by atoms with van der Waals surface area (Å²) in [5.74, 6) is 0. The Bertz CT molecular complexity index is 490. The highest BCUT2D eigenvalue weighted by atomic mass is 79.9. The molecule has 6 heteroatoms. The number of benzene rings is 1. The van der Waals surface area contributed by atoms with Crippen LogP contribution >= 0.6 is 27.7 Å². The SMILES string of the molecule is CSC1=Nc2ccc(Br)cc2CC1NC(=O)O. The van der Waals surface area contributed by atoms with Gasteiger partial charge in [0.15, 0.2) is 0 Å². The summed E-state index contributed by atoms with van der Waals surface area (Å²) in [5, 5.41) is 12.1. The molecule has 1 unspecified atom stereocenters. The molecule has 1 atom stereocenters. The molecule has 17 heavy (non-hydrogen) atoms. The lowest BCUT2D eigenvalue weighted by atomic mass is 10.0. The van der Waals surface area contributed by atoms with Gasteiger partial charge >= 0.3 is 6.09 Å². The molecular formula is C11H11BrN2O2S. The molecule has 0 aliphatic carbocycles. The van der Waals surface area contributed by atoms with Crippen LogP contribution in [0.25, 0.3) is 0 Å². The van der Waals surface area contributed by atoms with Crippen LogP contribution in [-0.4, -0.2) is 28.5 Å². The average Bonchev–Trinajstić information content (AvgIpc) is 2.27. The number of nitrogens with zero attached hydrogens (tertiary/aromatic N) is 1. The molecule has 0 saturated heterocycles. The van der Waals surface area contributed by atoms with E-state index in [4.69, 9.17) is 5.11 Å². The molecule has 0 fully saturated rings. The third-order valence-electron chi connectivity index (χ3n) is 2.50. The summed E-state index contributed by atoms with van der Waals surface area (Å²) >= 11 is 4.88. The largest absolute Gasteiger partial charge is 0.465 e. The van der Waals surface area contributed by atoms with Crippen molar-refractivity contribution in [3.05, 3.63) is 28.2 Å². The van der Waals surface area contributed by atoms with Crippen molar-refractivity contribution >= 4 is 44.5 Å². The lowest BCUT2D eigenvalue weighted by molar-refractivity contribution is 0.193. The Balaban J connectivity index is 2.34. The van der Waals surface area contributed by atoms with Gasteiger partial charge in [-0.3, -0.25) is 0 Å². The fourth-order valence-corrected chi connectivity index (χ4v) is 2.81. The first-order valence-electron chi connectivity index (χ1n) is 5.00. The molecule has 0 radical (unpaired) electrons. The number of rotatable bonds is 1. The normalized spacial score (nSPS) is 18.2. The highest BCUT2D eigenvalue weighted by Crippen LogP contribution is 2.30. The number of nitrogens with one attached hydrogen (secondary N) is 1. The number of fused-ring (bicyclic) bond motifs is 1. The van der Waals surface area contributed by atoms with E-state index < -0.39 is 6.09 Å². The minimum Gasteiger partial charge on any atom is -0.465 e. The second-order valence-corrected chi connectivity index (χ2v) is 5.38. The summed E-state index contributed by atoms with van der Waals surface area (Å²) in [6, 6.07) is 5.61. The van der Waals surface area contributed by atoms with Crippen LogP contribution in [0.15, 0.2) is 27.7 Å². The number of carbonyl (C=O) groups is 1. The van der Waals surface area contributed by atoms with E-state index in [2.05, 4.69) is 26.2 Å². The topological polar surface area (TPSA) is 61.7 Å². The number of hydrogen-bond acceptors (Lipinski definition) is 3. The number of amides is 1. The highest BCUT2D eigenvalue weighted by molar-refractivity contribution is 9.10. The molecule has 0 spiro atoms. The van der Waals surface area contributed by atoms with Crippen LogP contribution in [0.4, 0.5) is 10.5 Å². The Hall–Kier alpha value is -1.01. The Morgan fingerprint density at radius 1 is 1.65 bits per heavy atom. The standard InChI is InChI=1S/C11H11BrN2O2S/c1-17-10-9(14-11(15)16)5-6-4-7(12)2-3-8(6)13-10/h2-4,9,14H,5H2,1H3,(H,15,16). The molecule has 0 aromatic heterocycles. The van der Waals surface area contributed by atoms with Crippen molar-refractivity contribution in [2.45, 2.75) is 12.5 Å². The van der Waals surface area contributed by atoms with Crippen molar-refractivity contribution in [3.63, 3.8) is 0 Å². The Kier molecular flexibility index (Phi) is 3.73. The molecule has 90 valence electrons. The van der Waals surface area contributed by atoms with Crippen LogP contribution in [0, 0.1) is 0 Å². The minimum absolute atomic E-state index is 0.246. The average molecular weight is 315 g/mol. The lowest BCUT2D eigenvalue weighted by Gasteiger charge is -2.23. The highest BCUT2D eigenvalue weighted by Gasteiger charge is 2.24. The van der Waals surface area contributed by atoms with Crippen molar-refractivity contribution in [2.24, 2.45) is 4.99 Å². The minimum atomic E-state index is -1.02. The van der Waals surface area contributed by atoms with Gasteiger partial charge in [-0.2, -0.15) is 0 Å². The van der Waals surface area contributed by atoms with Crippen molar-refractivity contribution in [2.75, 3.05) is 6.26 Å². The molecule has 1 aromatic carbocycles. The zero-order valence-electron chi connectivity index (χ0n) is 9.11. The Labute approximate surface area is 112 Å². The van der Waals surface area contributed by atoms with E-state index in [9.17, 15) is 4.79 Å². The van der Waals surface area contributed by atoms with Gasteiger partial charge in [-0.25, -0.2) is 9.79 Å². The van der Waals surface area contributed by atoms with E-state index in [0.717, 1.165) is 20.8 Å². The second kappa shape index (κ2) is 5.10. The van der Waals surface area contributed by atoms with Gasteiger partial charge in [0, 0.05) is 10.9 Å². The maximum Gasteiger partial charge on any atom is 0.405 e. The van der Waals surface area contributed by atoms with Gasteiger partial charge < -0.3 is 10.4 Å².